The van der Waals surface area contributed by atoms with Gasteiger partial charge in [0.15, 0.2) is 0 Å². The molecule has 1 saturated carbocycles. The highest BCUT2D eigenvalue weighted by atomic mass is 32.1. The van der Waals surface area contributed by atoms with Gasteiger partial charge in [0.1, 0.15) is 0 Å². The number of allylic oxidation sites excluding steroid dienone is 2. The van der Waals surface area contributed by atoms with E-state index in [0.29, 0.717) is 5.92 Å². The highest BCUT2D eigenvalue weighted by Gasteiger charge is 2.09. The lowest BCUT2D eigenvalue weighted by Crippen LogP contribution is -1.99. The van der Waals surface area contributed by atoms with Crippen molar-refractivity contribution in [2.45, 2.75) is 46.0 Å². The molecule has 22 heavy (non-hydrogen) atoms. The second-order valence-electron chi connectivity index (χ2n) is 6.70. The fourth-order valence-corrected chi connectivity index (χ4v) is 4.34. The molecule has 0 saturated heterocycles. The van der Waals surface area contributed by atoms with Crippen LogP contribution in [-0.2, 0) is 0 Å². The summed E-state index contributed by atoms with van der Waals surface area (Å²) in [6.45, 7) is 4.57. The van der Waals surface area contributed by atoms with Gasteiger partial charge in [-0.1, -0.05) is 82.4 Å². The van der Waals surface area contributed by atoms with Crippen LogP contribution in [0.25, 0.3) is 22.2 Å². The quantitative estimate of drug-likeness (QED) is 0.484. The fourth-order valence-electron chi connectivity index (χ4n) is 3.24. The molecule has 0 amide bonds. The molecule has 1 fully saturated rings. The van der Waals surface area contributed by atoms with Gasteiger partial charge in [-0.25, -0.2) is 0 Å². The summed E-state index contributed by atoms with van der Waals surface area (Å²) >= 11 is 1.88. The lowest BCUT2D eigenvalue weighted by atomic mass is 9.91. The van der Waals surface area contributed by atoms with Crippen molar-refractivity contribution in [3.05, 3.63) is 46.9 Å². The van der Waals surface area contributed by atoms with E-state index < -0.39 is 0 Å². The molecule has 0 nitrogen and oxygen atoms in total. The molecule has 0 spiro atoms. The number of thiophene rings is 1. The molecular formula is C21H26S. The molecule has 2 aliphatic rings. The van der Waals surface area contributed by atoms with Crippen molar-refractivity contribution in [3.8, 4) is 0 Å². The second-order valence-corrected chi connectivity index (χ2v) is 7.78. The Labute approximate surface area is 138 Å². The Bertz CT molecular complexity index is 668. The molecule has 0 aliphatic heterocycles. The van der Waals surface area contributed by atoms with Crippen LogP contribution in [0, 0.1) is 11.8 Å². The maximum Gasteiger partial charge on any atom is 0.0355 e. The van der Waals surface area contributed by atoms with E-state index in [2.05, 4.69) is 62.4 Å². The van der Waals surface area contributed by atoms with Crippen LogP contribution in [0.4, 0.5) is 0 Å². The molecule has 0 N–H and O–H groups in total. The summed E-state index contributed by atoms with van der Waals surface area (Å²) in [4.78, 5) is 1.39. The molecule has 0 radical (unpaired) electrons. The summed E-state index contributed by atoms with van der Waals surface area (Å²) in [6.07, 6.45) is 16.5. The van der Waals surface area contributed by atoms with Crippen LogP contribution in [0.15, 0.2) is 36.4 Å². The molecular weight excluding hydrogens is 284 g/mol. The lowest BCUT2D eigenvalue weighted by Gasteiger charge is -2.15. The van der Waals surface area contributed by atoms with Gasteiger partial charge in [0.05, 0.1) is 0 Å². The second kappa shape index (κ2) is 7.28. The van der Waals surface area contributed by atoms with Gasteiger partial charge >= 0.3 is 0 Å². The van der Waals surface area contributed by atoms with Crippen LogP contribution in [0.5, 0.6) is 0 Å². The predicted molar refractivity (Wildman–Crippen MR) is 101 cm³/mol. The van der Waals surface area contributed by atoms with Gasteiger partial charge in [0, 0.05) is 15.0 Å². The average Bonchev–Trinajstić information content (AvgIpc) is 2.80. The summed E-state index contributed by atoms with van der Waals surface area (Å²) in [5, 5.41) is 1.38. The monoisotopic (exact) mass is 310 g/mol. The Kier molecular flexibility index (Phi) is 5.15. The van der Waals surface area contributed by atoms with Crippen molar-refractivity contribution in [1.82, 2.24) is 0 Å². The summed E-state index contributed by atoms with van der Waals surface area (Å²) < 4.78 is 1.38. The third-order valence-electron chi connectivity index (χ3n) is 4.67. The molecule has 2 aliphatic carbocycles. The highest BCUT2D eigenvalue weighted by molar-refractivity contribution is 7.20. The number of hydrogen-bond acceptors (Lipinski definition) is 1. The van der Waals surface area contributed by atoms with Gasteiger partial charge in [0.25, 0.3) is 0 Å². The largest absolute Gasteiger partial charge is 0.135 e. The molecule has 4 rings (SSSR count). The first-order chi connectivity index (χ1) is 10.7. The van der Waals surface area contributed by atoms with Crippen molar-refractivity contribution in [2.75, 3.05) is 0 Å². The summed E-state index contributed by atoms with van der Waals surface area (Å²) in [5.74, 6) is 1.58. The zero-order chi connectivity index (χ0) is 15.4. The SMILES string of the molecule is CC1C=Cc2sc3ccccc3c2C=C1.CC1CCCCC1. The predicted octanol–water partition coefficient (Wildman–Crippen LogP) is 7.16. The van der Waals surface area contributed by atoms with E-state index in [1.54, 1.807) is 0 Å². The summed E-state index contributed by atoms with van der Waals surface area (Å²) in [7, 11) is 0. The first-order valence-electron chi connectivity index (χ1n) is 8.62. The molecule has 2 aromatic rings. The smallest absolute Gasteiger partial charge is 0.0355 e. The van der Waals surface area contributed by atoms with Gasteiger partial charge in [0.2, 0.25) is 0 Å². The number of fused-ring (bicyclic) bond motifs is 3. The first kappa shape index (κ1) is 15.6. The first-order valence-corrected chi connectivity index (χ1v) is 9.43. The van der Waals surface area contributed by atoms with Crippen LogP contribution in [0.1, 0.15) is 56.4 Å². The molecule has 1 aromatic heterocycles. The minimum absolute atomic E-state index is 0.545. The van der Waals surface area contributed by atoms with E-state index in [9.17, 15) is 0 Å². The van der Waals surface area contributed by atoms with Gasteiger partial charge in [-0.15, -0.1) is 11.3 Å². The fraction of sp³-hybridized carbons (Fsp3) is 0.429. The average molecular weight is 311 g/mol. The Balaban J connectivity index is 0.000000174. The molecule has 1 atom stereocenters. The number of rotatable bonds is 0. The Morgan fingerprint density at radius 1 is 0.909 bits per heavy atom. The molecule has 1 heteroatoms. The molecule has 116 valence electrons. The van der Waals surface area contributed by atoms with Gasteiger partial charge in [-0.05, 0) is 29.5 Å². The van der Waals surface area contributed by atoms with Crippen molar-refractivity contribution in [3.63, 3.8) is 0 Å². The lowest BCUT2D eigenvalue weighted by molar-refractivity contribution is 0.385. The van der Waals surface area contributed by atoms with Crippen LogP contribution >= 0.6 is 11.3 Å². The van der Waals surface area contributed by atoms with Crippen LogP contribution in [0.3, 0.4) is 0 Å². The molecule has 1 heterocycles. The third-order valence-corrected chi connectivity index (χ3v) is 5.83. The number of hydrogen-bond donors (Lipinski definition) is 0. The summed E-state index contributed by atoms with van der Waals surface area (Å²) in [6, 6.07) is 8.62. The van der Waals surface area contributed by atoms with Crippen molar-refractivity contribution < 1.29 is 0 Å². The maximum absolute atomic E-state index is 2.36. The molecule has 0 bridgehead atoms. The highest BCUT2D eigenvalue weighted by Crippen LogP contribution is 2.35. The van der Waals surface area contributed by atoms with Gasteiger partial charge in [-0.2, -0.15) is 0 Å². The van der Waals surface area contributed by atoms with Gasteiger partial charge < -0.3 is 0 Å². The van der Waals surface area contributed by atoms with E-state index >= 15 is 0 Å². The normalized spacial score (nSPS) is 21.1. The standard InChI is InChI=1S/C14H12S.C7H14/c1-10-6-8-12-11-4-2-3-5-13(11)15-14(12)9-7-10;1-7-5-3-2-4-6-7/h2-10H,1H3;7H,2-6H2,1H3. The van der Waals surface area contributed by atoms with E-state index in [4.69, 9.17) is 0 Å². The summed E-state index contributed by atoms with van der Waals surface area (Å²) in [5.41, 5.74) is 1.39. The third kappa shape index (κ3) is 3.70. The van der Waals surface area contributed by atoms with E-state index in [0.717, 1.165) is 5.92 Å². The minimum Gasteiger partial charge on any atom is -0.135 e. The molecule has 1 aromatic carbocycles. The topological polar surface area (TPSA) is 0 Å². The van der Waals surface area contributed by atoms with E-state index in [-0.39, 0.29) is 0 Å². The zero-order valence-electron chi connectivity index (χ0n) is 13.7. The Morgan fingerprint density at radius 2 is 1.64 bits per heavy atom. The Morgan fingerprint density at radius 3 is 2.36 bits per heavy atom. The number of benzene rings is 1. The van der Waals surface area contributed by atoms with Crippen LogP contribution in [-0.4, -0.2) is 0 Å². The van der Waals surface area contributed by atoms with Gasteiger partial charge in [-0.3, -0.25) is 0 Å². The van der Waals surface area contributed by atoms with E-state index in [1.165, 1.54) is 52.6 Å². The van der Waals surface area contributed by atoms with Crippen molar-refractivity contribution in [1.29, 1.82) is 0 Å². The van der Waals surface area contributed by atoms with E-state index in [1.807, 2.05) is 11.3 Å². The maximum atomic E-state index is 2.36. The molecule has 1 unspecified atom stereocenters. The van der Waals surface area contributed by atoms with Crippen molar-refractivity contribution in [2.24, 2.45) is 11.8 Å². The zero-order valence-corrected chi connectivity index (χ0v) is 14.5. The van der Waals surface area contributed by atoms with Crippen molar-refractivity contribution >= 4 is 33.6 Å². The Hall–Kier alpha value is -1.34. The minimum atomic E-state index is 0.545. The van der Waals surface area contributed by atoms with Crippen LogP contribution in [0.2, 0.25) is 0 Å². The van der Waals surface area contributed by atoms with Crippen LogP contribution < -0.4 is 0 Å².